The summed E-state index contributed by atoms with van der Waals surface area (Å²) in [6.07, 6.45) is -1.49. The molecule has 9 nitrogen and oxygen atoms in total. The van der Waals surface area contributed by atoms with Gasteiger partial charge in [0.15, 0.2) is 0 Å². The van der Waals surface area contributed by atoms with Gasteiger partial charge in [-0.15, -0.1) is 0 Å². The van der Waals surface area contributed by atoms with Crippen LogP contribution in [0.25, 0.3) is 11.0 Å². The van der Waals surface area contributed by atoms with Crippen molar-refractivity contribution in [2.24, 2.45) is 0 Å². The van der Waals surface area contributed by atoms with Crippen molar-refractivity contribution in [3.63, 3.8) is 0 Å². The molecular weight excluding hydrogens is 561 g/mol. The second-order valence-electron chi connectivity index (χ2n) is 10.6. The molecule has 2 aromatic heterocycles. The average molecular weight is 593 g/mol. The number of nitrogens with zero attached hydrogens (tertiary/aromatic N) is 4. The fraction of sp³-hybridized carbons (Fsp3) is 0.290. The number of carbonyl (C=O) groups excluding carboxylic acids is 3. The smallest absolute Gasteiger partial charge is 0.348 e. The number of aromatic nitrogens is 2. The number of rotatable bonds is 7. The minimum Gasteiger partial charge on any atom is -0.348 e. The second kappa shape index (κ2) is 12.4. The van der Waals surface area contributed by atoms with Crippen LogP contribution in [-0.4, -0.2) is 70.7 Å². The van der Waals surface area contributed by atoms with Gasteiger partial charge in [-0.2, -0.15) is 13.2 Å². The highest BCUT2D eigenvalue weighted by Gasteiger charge is 2.34. The van der Waals surface area contributed by atoms with E-state index in [4.69, 9.17) is 0 Å². The number of imide groups is 1. The van der Waals surface area contributed by atoms with Gasteiger partial charge in [0.05, 0.1) is 17.4 Å². The van der Waals surface area contributed by atoms with E-state index < -0.39 is 29.5 Å². The van der Waals surface area contributed by atoms with Crippen molar-refractivity contribution < 1.29 is 27.6 Å². The van der Waals surface area contributed by atoms with Crippen LogP contribution in [0.5, 0.6) is 0 Å². The minimum absolute atomic E-state index is 0.0404. The zero-order valence-electron chi connectivity index (χ0n) is 23.7. The average Bonchev–Trinajstić information content (AvgIpc) is 3.45. The molecule has 5 rings (SSSR count). The number of pyridine rings is 1. The Kier molecular flexibility index (Phi) is 8.60. The number of H-pyrrole nitrogens is 1. The van der Waals surface area contributed by atoms with Crippen molar-refractivity contribution in [1.82, 2.24) is 25.1 Å². The molecule has 224 valence electrons. The Bertz CT molecular complexity index is 1660. The number of fused-ring (bicyclic) bond motifs is 1. The van der Waals surface area contributed by atoms with E-state index in [0.29, 0.717) is 30.0 Å². The molecule has 0 aliphatic carbocycles. The summed E-state index contributed by atoms with van der Waals surface area (Å²) < 4.78 is 41.9. The van der Waals surface area contributed by atoms with Crippen LogP contribution in [0.2, 0.25) is 0 Å². The Hall–Kier alpha value is -4.55. The lowest BCUT2D eigenvalue weighted by atomic mass is 10.0. The van der Waals surface area contributed by atoms with Crippen molar-refractivity contribution in [3.05, 3.63) is 94.8 Å². The molecule has 2 aromatic carbocycles. The molecule has 0 unspecified atom stereocenters. The molecule has 1 fully saturated rings. The third-order valence-electron chi connectivity index (χ3n) is 7.46. The molecule has 0 bridgehead atoms. The van der Waals surface area contributed by atoms with Crippen LogP contribution in [0.4, 0.5) is 18.9 Å². The normalized spacial score (nSPS) is 14.5. The van der Waals surface area contributed by atoms with E-state index in [1.807, 2.05) is 11.9 Å². The van der Waals surface area contributed by atoms with E-state index in [1.54, 1.807) is 36.5 Å². The van der Waals surface area contributed by atoms with E-state index in [-0.39, 0.29) is 29.8 Å². The van der Waals surface area contributed by atoms with Crippen LogP contribution in [0.1, 0.15) is 44.3 Å². The van der Waals surface area contributed by atoms with Gasteiger partial charge in [0.2, 0.25) is 5.91 Å². The summed E-state index contributed by atoms with van der Waals surface area (Å²) >= 11 is 0. The van der Waals surface area contributed by atoms with Crippen LogP contribution in [0, 0.1) is 0 Å². The molecule has 1 aliphatic heterocycles. The number of amides is 3. The zero-order valence-corrected chi connectivity index (χ0v) is 23.7. The highest BCUT2D eigenvalue weighted by molar-refractivity contribution is 6.20. The van der Waals surface area contributed by atoms with Gasteiger partial charge in [0, 0.05) is 68.9 Å². The standard InChI is InChI=1S/C31H31F3N6O3/c1-20(41)40(26-15-22-8-9-35-28(22)36-18-26)30(43)24-5-3-4-21(14-24)17-37-29(42)23-6-7-25(27(16-23)31(32,33)34)19-39-12-10-38(2)11-13-39/h3-9,14-16,18H,10-13,17,19H2,1-2H3,(H,35,36)(H,37,42). The largest absolute Gasteiger partial charge is 0.416 e. The number of hydrogen-bond donors (Lipinski definition) is 2. The lowest BCUT2D eigenvalue weighted by molar-refractivity contribution is -0.138. The Morgan fingerprint density at radius 3 is 2.49 bits per heavy atom. The summed E-state index contributed by atoms with van der Waals surface area (Å²) in [7, 11) is 1.98. The van der Waals surface area contributed by atoms with Crippen molar-refractivity contribution in [2.45, 2.75) is 26.2 Å². The lowest BCUT2D eigenvalue weighted by Crippen LogP contribution is -2.44. The van der Waals surface area contributed by atoms with E-state index in [1.165, 1.54) is 31.3 Å². The molecule has 1 aliphatic rings. The van der Waals surface area contributed by atoms with Gasteiger partial charge in [-0.1, -0.05) is 18.2 Å². The first-order valence-corrected chi connectivity index (χ1v) is 13.8. The van der Waals surface area contributed by atoms with Crippen molar-refractivity contribution in [2.75, 3.05) is 38.1 Å². The molecule has 0 spiro atoms. The Balaban J connectivity index is 1.29. The predicted molar refractivity (Wildman–Crippen MR) is 155 cm³/mol. The van der Waals surface area contributed by atoms with Gasteiger partial charge in [0.25, 0.3) is 11.8 Å². The molecule has 0 saturated carbocycles. The summed E-state index contributed by atoms with van der Waals surface area (Å²) in [6.45, 7) is 4.28. The third-order valence-corrected chi connectivity index (χ3v) is 7.46. The topological polar surface area (TPSA) is 102 Å². The lowest BCUT2D eigenvalue weighted by Gasteiger charge is -2.33. The first kappa shape index (κ1) is 29.9. The van der Waals surface area contributed by atoms with Crippen molar-refractivity contribution >= 4 is 34.4 Å². The SMILES string of the molecule is CC(=O)N(C(=O)c1cccc(CNC(=O)c2ccc(CN3CCN(C)CC3)c(C(F)(F)F)c2)c1)c1cnc2[nH]ccc2c1. The fourth-order valence-corrected chi connectivity index (χ4v) is 5.09. The number of anilines is 1. The van der Waals surface area contributed by atoms with Crippen molar-refractivity contribution in [1.29, 1.82) is 0 Å². The number of benzene rings is 2. The molecule has 4 aromatic rings. The summed E-state index contributed by atoms with van der Waals surface area (Å²) in [6, 6.07) is 13.5. The number of alkyl halides is 3. The van der Waals surface area contributed by atoms with E-state index in [2.05, 4.69) is 20.2 Å². The number of halogens is 3. The van der Waals surface area contributed by atoms with Gasteiger partial charge in [-0.3, -0.25) is 19.3 Å². The maximum Gasteiger partial charge on any atom is 0.416 e. The van der Waals surface area contributed by atoms with Gasteiger partial charge < -0.3 is 15.2 Å². The van der Waals surface area contributed by atoms with Crippen LogP contribution in [0.15, 0.2) is 67.0 Å². The quantitative estimate of drug-likeness (QED) is 0.329. The van der Waals surface area contributed by atoms with E-state index >= 15 is 0 Å². The maximum atomic E-state index is 14.0. The molecule has 12 heteroatoms. The number of likely N-dealkylation sites (N-methyl/N-ethyl adjacent to an activating group) is 1. The zero-order chi connectivity index (χ0) is 30.7. The Labute approximate surface area is 246 Å². The highest BCUT2D eigenvalue weighted by Crippen LogP contribution is 2.33. The summed E-state index contributed by atoms with van der Waals surface area (Å²) in [4.78, 5) is 51.0. The monoisotopic (exact) mass is 592 g/mol. The summed E-state index contributed by atoms with van der Waals surface area (Å²) in [5.74, 6) is -1.76. The van der Waals surface area contributed by atoms with Crippen LogP contribution < -0.4 is 10.2 Å². The molecule has 3 amide bonds. The van der Waals surface area contributed by atoms with Crippen LogP contribution in [0.3, 0.4) is 0 Å². The van der Waals surface area contributed by atoms with Gasteiger partial charge in [-0.25, -0.2) is 9.88 Å². The molecule has 1 saturated heterocycles. The number of carbonyl (C=O) groups is 3. The summed E-state index contributed by atoms with van der Waals surface area (Å²) in [5, 5.41) is 3.37. The molecular formula is C31H31F3N6O3. The predicted octanol–water partition coefficient (Wildman–Crippen LogP) is 4.45. The second-order valence-corrected chi connectivity index (χ2v) is 10.6. The van der Waals surface area contributed by atoms with Crippen LogP contribution >= 0.6 is 0 Å². The Morgan fingerprint density at radius 2 is 1.77 bits per heavy atom. The number of nitrogens with one attached hydrogen (secondary N) is 2. The summed E-state index contributed by atoms with van der Waals surface area (Å²) in [5.41, 5.74) is 0.832. The fourth-order valence-electron chi connectivity index (χ4n) is 5.09. The maximum absolute atomic E-state index is 14.0. The van der Waals surface area contributed by atoms with Crippen LogP contribution in [-0.2, 0) is 24.1 Å². The molecule has 0 radical (unpaired) electrons. The number of aromatic amines is 1. The first-order valence-electron chi connectivity index (χ1n) is 13.8. The number of hydrogen-bond acceptors (Lipinski definition) is 6. The molecule has 43 heavy (non-hydrogen) atoms. The van der Waals surface area contributed by atoms with Gasteiger partial charge in [0.1, 0.15) is 5.65 Å². The minimum atomic E-state index is -4.61. The van der Waals surface area contributed by atoms with Crippen molar-refractivity contribution in [3.8, 4) is 0 Å². The third kappa shape index (κ3) is 6.92. The van der Waals surface area contributed by atoms with Gasteiger partial charge in [-0.05, 0) is 54.6 Å². The van der Waals surface area contributed by atoms with E-state index in [0.717, 1.165) is 29.4 Å². The molecule has 2 N–H and O–H groups in total. The Morgan fingerprint density at radius 1 is 1.00 bits per heavy atom. The first-order chi connectivity index (χ1) is 20.5. The number of piperazine rings is 1. The molecule has 0 atom stereocenters. The molecule has 3 heterocycles. The van der Waals surface area contributed by atoms with E-state index in [9.17, 15) is 27.6 Å². The van der Waals surface area contributed by atoms with Gasteiger partial charge >= 0.3 is 6.18 Å². The highest BCUT2D eigenvalue weighted by atomic mass is 19.4.